The smallest absolute Gasteiger partial charge is 0.0596 e. The van der Waals surface area contributed by atoms with Crippen LogP contribution in [0.3, 0.4) is 0 Å². The zero-order valence-corrected chi connectivity index (χ0v) is 13.9. The fourth-order valence-corrected chi connectivity index (χ4v) is 3.02. The van der Waals surface area contributed by atoms with Crippen LogP contribution in [0.4, 0.5) is 0 Å². The zero-order chi connectivity index (χ0) is 14.5. The van der Waals surface area contributed by atoms with Crippen molar-refractivity contribution < 1.29 is 0 Å². The molecular formula is C16H18BrClN2. The summed E-state index contributed by atoms with van der Waals surface area (Å²) in [5, 5.41) is 4.32. The largest absolute Gasteiger partial charge is 0.310 e. The molecule has 2 atom stereocenters. The van der Waals surface area contributed by atoms with Crippen molar-refractivity contribution in [1.29, 1.82) is 0 Å². The number of aromatic nitrogens is 1. The number of hydrogen-bond acceptors (Lipinski definition) is 2. The number of benzene rings is 1. The number of rotatable bonds is 5. The van der Waals surface area contributed by atoms with Gasteiger partial charge in [-0.1, -0.05) is 37.6 Å². The van der Waals surface area contributed by atoms with Gasteiger partial charge in [0.05, 0.1) is 5.02 Å². The lowest BCUT2D eigenvalue weighted by atomic mass is 9.89. The normalized spacial score (nSPS) is 14.0. The van der Waals surface area contributed by atoms with Gasteiger partial charge in [-0.2, -0.15) is 0 Å². The van der Waals surface area contributed by atoms with Crippen molar-refractivity contribution in [2.45, 2.75) is 25.8 Å². The summed E-state index contributed by atoms with van der Waals surface area (Å²) < 4.78 is 0.932. The molecule has 0 aliphatic carbocycles. The Morgan fingerprint density at radius 2 is 1.95 bits per heavy atom. The fraction of sp³-hybridized carbons (Fsp3) is 0.312. The molecule has 2 aromatic rings. The maximum atomic E-state index is 6.46. The SMILES string of the molecule is CCNC(c1cccc(Br)c1Cl)C(C)c1ccncc1. The third-order valence-electron chi connectivity index (χ3n) is 3.47. The number of likely N-dealkylation sites (N-methyl/N-ethyl adjacent to an activating group) is 1. The Morgan fingerprint density at radius 1 is 1.25 bits per heavy atom. The monoisotopic (exact) mass is 352 g/mol. The molecule has 0 aliphatic heterocycles. The van der Waals surface area contributed by atoms with Crippen LogP contribution in [-0.4, -0.2) is 11.5 Å². The summed E-state index contributed by atoms with van der Waals surface area (Å²) >= 11 is 9.96. The van der Waals surface area contributed by atoms with E-state index in [-0.39, 0.29) is 6.04 Å². The average Bonchev–Trinajstić information content (AvgIpc) is 2.48. The van der Waals surface area contributed by atoms with Gasteiger partial charge >= 0.3 is 0 Å². The summed E-state index contributed by atoms with van der Waals surface area (Å²) in [5.41, 5.74) is 2.37. The molecule has 0 aliphatic rings. The second-order valence-electron chi connectivity index (χ2n) is 4.75. The molecule has 2 nitrogen and oxygen atoms in total. The van der Waals surface area contributed by atoms with Gasteiger partial charge in [0.25, 0.3) is 0 Å². The molecule has 0 radical (unpaired) electrons. The van der Waals surface area contributed by atoms with Gasteiger partial charge in [-0.3, -0.25) is 4.98 Å². The van der Waals surface area contributed by atoms with Gasteiger partial charge in [0.15, 0.2) is 0 Å². The number of nitrogens with zero attached hydrogens (tertiary/aromatic N) is 1. The molecule has 1 aromatic heterocycles. The highest BCUT2D eigenvalue weighted by atomic mass is 79.9. The van der Waals surface area contributed by atoms with Gasteiger partial charge in [0, 0.05) is 28.8 Å². The average molecular weight is 354 g/mol. The molecule has 0 amide bonds. The van der Waals surface area contributed by atoms with E-state index in [0.29, 0.717) is 5.92 Å². The van der Waals surface area contributed by atoms with Crippen molar-refractivity contribution in [3.63, 3.8) is 0 Å². The van der Waals surface area contributed by atoms with E-state index < -0.39 is 0 Å². The lowest BCUT2D eigenvalue weighted by molar-refractivity contribution is 0.479. The van der Waals surface area contributed by atoms with Crippen molar-refractivity contribution in [2.24, 2.45) is 0 Å². The Morgan fingerprint density at radius 3 is 2.60 bits per heavy atom. The van der Waals surface area contributed by atoms with Crippen LogP contribution in [0, 0.1) is 0 Å². The maximum absolute atomic E-state index is 6.46. The molecule has 0 fully saturated rings. The predicted molar refractivity (Wildman–Crippen MR) is 88.2 cm³/mol. The van der Waals surface area contributed by atoms with Crippen LogP contribution >= 0.6 is 27.5 Å². The van der Waals surface area contributed by atoms with E-state index in [1.54, 1.807) is 0 Å². The minimum atomic E-state index is 0.174. The minimum Gasteiger partial charge on any atom is -0.310 e. The van der Waals surface area contributed by atoms with Crippen molar-refractivity contribution >= 4 is 27.5 Å². The molecule has 0 spiro atoms. The predicted octanol–water partition coefficient (Wildman–Crippen LogP) is 4.95. The first kappa shape index (κ1) is 15.5. The van der Waals surface area contributed by atoms with Crippen molar-refractivity contribution in [1.82, 2.24) is 10.3 Å². The Kier molecular flexibility index (Phi) is 5.58. The van der Waals surface area contributed by atoms with Gasteiger partial charge in [0.1, 0.15) is 0 Å². The van der Waals surface area contributed by atoms with Gasteiger partial charge < -0.3 is 5.32 Å². The summed E-state index contributed by atoms with van der Waals surface area (Å²) in [5.74, 6) is 0.310. The second kappa shape index (κ2) is 7.21. The minimum absolute atomic E-state index is 0.174. The molecular weight excluding hydrogens is 336 g/mol. The zero-order valence-electron chi connectivity index (χ0n) is 11.6. The van der Waals surface area contributed by atoms with Gasteiger partial charge in [-0.25, -0.2) is 0 Å². The van der Waals surface area contributed by atoms with Crippen molar-refractivity contribution in [2.75, 3.05) is 6.54 Å². The summed E-state index contributed by atoms with van der Waals surface area (Å²) in [6, 6.07) is 10.4. The van der Waals surface area contributed by atoms with Crippen molar-refractivity contribution in [3.05, 3.63) is 63.3 Å². The molecule has 4 heteroatoms. The van der Waals surface area contributed by atoms with Crippen LogP contribution < -0.4 is 5.32 Å². The third kappa shape index (κ3) is 3.40. The van der Waals surface area contributed by atoms with E-state index in [0.717, 1.165) is 21.6 Å². The molecule has 1 N–H and O–H groups in total. The second-order valence-corrected chi connectivity index (χ2v) is 5.98. The van der Waals surface area contributed by atoms with Crippen LogP contribution in [0.15, 0.2) is 47.2 Å². The molecule has 0 bridgehead atoms. The number of halogens is 2. The van der Waals surface area contributed by atoms with E-state index >= 15 is 0 Å². The topological polar surface area (TPSA) is 24.9 Å². The van der Waals surface area contributed by atoms with E-state index in [1.807, 2.05) is 24.5 Å². The molecule has 1 heterocycles. The number of nitrogens with one attached hydrogen (secondary N) is 1. The van der Waals surface area contributed by atoms with Gasteiger partial charge in [-0.05, 0) is 51.8 Å². The van der Waals surface area contributed by atoms with E-state index in [2.05, 4.69) is 58.3 Å². The third-order valence-corrected chi connectivity index (χ3v) is 4.78. The quantitative estimate of drug-likeness (QED) is 0.822. The molecule has 1 aromatic carbocycles. The first-order valence-corrected chi connectivity index (χ1v) is 7.89. The van der Waals surface area contributed by atoms with Crippen LogP contribution in [0.5, 0.6) is 0 Å². The molecule has 0 saturated heterocycles. The number of pyridine rings is 1. The van der Waals surface area contributed by atoms with Gasteiger partial charge in [0.2, 0.25) is 0 Å². The summed E-state index contributed by atoms with van der Waals surface area (Å²) in [6.07, 6.45) is 3.66. The van der Waals surface area contributed by atoms with Gasteiger partial charge in [-0.15, -0.1) is 0 Å². The highest BCUT2D eigenvalue weighted by Crippen LogP contribution is 2.37. The van der Waals surface area contributed by atoms with Crippen LogP contribution in [-0.2, 0) is 0 Å². The van der Waals surface area contributed by atoms with Crippen molar-refractivity contribution in [3.8, 4) is 0 Å². The Bertz CT molecular complexity index is 560. The highest BCUT2D eigenvalue weighted by Gasteiger charge is 2.22. The first-order chi connectivity index (χ1) is 9.65. The highest BCUT2D eigenvalue weighted by molar-refractivity contribution is 9.10. The Labute approximate surface area is 133 Å². The standard InChI is InChI=1S/C16H18BrClN2/c1-3-20-16(11(2)12-7-9-19-10-8-12)13-5-4-6-14(17)15(13)18/h4-11,16,20H,3H2,1-2H3. The lowest BCUT2D eigenvalue weighted by Gasteiger charge is -2.26. The van der Waals surface area contributed by atoms with Crippen LogP contribution in [0.25, 0.3) is 0 Å². The van der Waals surface area contributed by atoms with E-state index in [9.17, 15) is 0 Å². The lowest BCUT2D eigenvalue weighted by Crippen LogP contribution is -2.26. The maximum Gasteiger partial charge on any atom is 0.0596 e. The first-order valence-electron chi connectivity index (χ1n) is 6.72. The van der Waals surface area contributed by atoms with E-state index in [1.165, 1.54) is 5.56 Å². The molecule has 0 saturated carbocycles. The van der Waals surface area contributed by atoms with E-state index in [4.69, 9.17) is 11.6 Å². The Hall–Kier alpha value is -0.900. The number of hydrogen-bond donors (Lipinski definition) is 1. The van der Waals surface area contributed by atoms with Crippen LogP contribution in [0.2, 0.25) is 5.02 Å². The summed E-state index contributed by atoms with van der Waals surface area (Å²) in [6.45, 7) is 5.21. The van der Waals surface area contributed by atoms with Crippen LogP contribution in [0.1, 0.15) is 36.9 Å². The molecule has 2 rings (SSSR count). The molecule has 2 unspecified atom stereocenters. The summed E-state index contributed by atoms with van der Waals surface area (Å²) in [7, 11) is 0. The molecule has 106 valence electrons. The fourth-order valence-electron chi connectivity index (χ4n) is 2.40. The molecule has 20 heavy (non-hydrogen) atoms. The Balaban J connectivity index is 2.38. The summed E-state index contributed by atoms with van der Waals surface area (Å²) in [4.78, 5) is 4.08.